The van der Waals surface area contributed by atoms with Crippen molar-refractivity contribution in [3.63, 3.8) is 0 Å². The molecule has 1 fully saturated rings. The molecular formula is C10H19N3O2. The van der Waals surface area contributed by atoms with Crippen molar-refractivity contribution >= 4 is 11.8 Å². The van der Waals surface area contributed by atoms with E-state index in [0.29, 0.717) is 6.54 Å². The quantitative estimate of drug-likeness (QED) is 0.651. The summed E-state index contributed by atoms with van der Waals surface area (Å²) in [5.41, 5.74) is 0. The molecule has 0 spiro atoms. The van der Waals surface area contributed by atoms with Crippen LogP contribution in [0.2, 0.25) is 0 Å². The molecule has 1 saturated heterocycles. The molecule has 5 nitrogen and oxygen atoms in total. The van der Waals surface area contributed by atoms with Crippen molar-refractivity contribution in [2.45, 2.75) is 26.3 Å². The van der Waals surface area contributed by atoms with Crippen molar-refractivity contribution < 1.29 is 9.59 Å². The summed E-state index contributed by atoms with van der Waals surface area (Å²) >= 11 is 0. The number of likely N-dealkylation sites (N-methyl/N-ethyl adjacent to an activating group) is 1. The van der Waals surface area contributed by atoms with E-state index >= 15 is 0 Å². The Labute approximate surface area is 90.2 Å². The first-order valence-electron chi connectivity index (χ1n) is 5.47. The number of carbonyl (C=O) groups is 2. The number of rotatable bonds is 4. The molecule has 2 N–H and O–H groups in total. The molecular weight excluding hydrogens is 194 g/mol. The fourth-order valence-electron chi connectivity index (χ4n) is 1.66. The minimum atomic E-state index is -0.255. The van der Waals surface area contributed by atoms with Gasteiger partial charge in [0.05, 0.1) is 6.54 Å². The molecule has 1 unspecified atom stereocenters. The third-order valence-electron chi connectivity index (χ3n) is 2.50. The van der Waals surface area contributed by atoms with Crippen molar-refractivity contribution in [2.24, 2.45) is 0 Å². The van der Waals surface area contributed by atoms with Crippen molar-refractivity contribution in [3.05, 3.63) is 0 Å². The summed E-state index contributed by atoms with van der Waals surface area (Å²) in [5, 5.41) is 5.62. The normalized spacial score (nSPS) is 20.9. The lowest BCUT2D eigenvalue weighted by molar-refractivity contribution is -0.134. The van der Waals surface area contributed by atoms with Gasteiger partial charge in [-0.05, 0) is 13.3 Å². The van der Waals surface area contributed by atoms with E-state index in [4.69, 9.17) is 0 Å². The van der Waals surface area contributed by atoms with E-state index in [1.807, 2.05) is 18.7 Å². The zero-order chi connectivity index (χ0) is 11.3. The third-order valence-corrected chi connectivity index (χ3v) is 2.50. The average Bonchev–Trinajstić information content (AvgIpc) is 2.26. The predicted molar refractivity (Wildman–Crippen MR) is 57.3 cm³/mol. The minimum absolute atomic E-state index is 0.0439. The first kappa shape index (κ1) is 12.0. The Hall–Kier alpha value is -1.10. The molecule has 0 saturated carbocycles. The number of nitrogens with zero attached hydrogens (tertiary/aromatic N) is 1. The highest BCUT2D eigenvalue weighted by molar-refractivity contribution is 5.86. The van der Waals surface area contributed by atoms with Gasteiger partial charge < -0.3 is 10.2 Å². The van der Waals surface area contributed by atoms with Gasteiger partial charge in [0, 0.05) is 19.6 Å². The van der Waals surface area contributed by atoms with Gasteiger partial charge in [0.1, 0.15) is 6.04 Å². The van der Waals surface area contributed by atoms with Crippen LogP contribution in [0.1, 0.15) is 20.3 Å². The van der Waals surface area contributed by atoms with Gasteiger partial charge in [-0.3, -0.25) is 14.9 Å². The molecule has 1 heterocycles. The zero-order valence-corrected chi connectivity index (χ0v) is 9.38. The monoisotopic (exact) mass is 213 g/mol. The molecule has 1 aliphatic rings. The van der Waals surface area contributed by atoms with Gasteiger partial charge in [0.2, 0.25) is 11.8 Å². The van der Waals surface area contributed by atoms with Gasteiger partial charge in [-0.25, -0.2) is 0 Å². The van der Waals surface area contributed by atoms with E-state index in [0.717, 1.165) is 19.5 Å². The zero-order valence-electron chi connectivity index (χ0n) is 9.38. The fraction of sp³-hybridized carbons (Fsp3) is 0.800. The molecule has 86 valence electrons. The molecule has 5 heteroatoms. The van der Waals surface area contributed by atoms with E-state index in [1.54, 1.807) is 0 Å². The van der Waals surface area contributed by atoms with Crippen molar-refractivity contribution in [1.29, 1.82) is 0 Å². The van der Waals surface area contributed by atoms with E-state index in [2.05, 4.69) is 10.6 Å². The molecule has 2 amide bonds. The molecule has 1 rings (SSSR count). The van der Waals surface area contributed by atoms with Gasteiger partial charge in [0.25, 0.3) is 0 Å². The Kier molecular flexibility index (Phi) is 4.55. The van der Waals surface area contributed by atoms with E-state index in [1.165, 1.54) is 0 Å². The summed E-state index contributed by atoms with van der Waals surface area (Å²) in [5.74, 6) is 0.0388. The summed E-state index contributed by atoms with van der Waals surface area (Å²) in [6.07, 6.45) is 0.957. The van der Waals surface area contributed by atoms with Crippen molar-refractivity contribution in [1.82, 2.24) is 15.5 Å². The largest absolute Gasteiger partial charge is 0.353 e. The maximum absolute atomic E-state index is 11.9. The highest BCUT2D eigenvalue weighted by Crippen LogP contribution is 1.99. The molecule has 1 atom stereocenters. The average molecular weight is 213 g/mol. The summed E-state index contributed by atoms with van der Waals surface area (Å²) in [6.45, 7) is 6.15. The predicted octanol–water partition coefficient (Wildman–Crippen LogP) is -0.667. The Morgan fingerprint density at radius 1 is 1.53 bits per heavy atom. The first-order valence-corrected chi connectivity index (χ1v) is 5.47. The van der Waals surface area contributed by atoms with Crippen molar-refractivity contribution in [3.8, 4) is 0 Å². The Morgan fingerprint density at radius 3 is 2.73 bits per heavy atom. The van der Waals surface area contributed by atoms with Crippen LogP contribution in [-0.4, -0.2) is 48.9 Å². The van der Waals surface area contributed by atoms with Crippen LogP contribution in [0.15, 0.2) is 0 Å². The summed E-state index contributed by atoms with van der Waals surface area (Å²) < 4.78 is 0. The van der Waals surface area contributed by atoms with Gasteiger partial charge in [-0.2, -0.15) is 0 Å². The number of amides is 2. The van der Waals surface area contributed by atoms with Crippen LogP contribution < -0.4 is 10.6 Å². The number of carbonyl (C=O) groups excluding carboxylic acids is 2. The second kappa shape index (κ2) is 5.70. The molecule has 0 bridgehead atoms. The molecule has 0 aromatic rings. The van der Waals surface area contributed by atoms with Crippen LogP contribution in [-0.2, 0) is 9.59 Å². The first-order chi connectivity index (χ1) is 7.19. The highest BCUT2D eigenvalue weighted by atomic mass is 16.2. The van der Waals surface area contributed by atoms with Gasteiger partial charge in [-0.1, -0.05) is 6.92 Å². The summed E-state index contributed by atoms with van der Waals surface area (Å²) in [6, 6.07) is -0.255. The fourth-order valence-corrected chi connectivity index (χ4v) is 1.66. The standard InChI is InChI=1S/C10H19N3O2/c1-3-5-13(4-2)10(15)8-6-12-9(14)7-11-8/h8,11H,3-7H2,1-2H3,(H,12,14). The smallest absolute Gasteiger partial charge is 0.241 e. The van der Waals surface area contributed by atoms with E-state index in [9.17, 15) is 9.59 Å². The lowest BCUT2D eigenvalue weighted by Gasteiger charge is -2.29. The van der Waals surface area contributed by atoms with Crippen LogP contribution >= 0.6 is 0 Å². The molecule has 15 heavy (non-hydrogen) atoms. The van der Waals surface area contributed by atoms with Crippen LogP contribution in [0.4, 0.5) is 0 Å². The SMILES string of the molecule is CCCN(CC)C(=O)C1CNC(=O)CN1. The minimum Gasteiger partial charge on any atom is -0.353 e. The molecule has 0 aromatic carbocycles. The number of hydrogen-bond donors (Lipinski definition) is 2. The lowest BCUT2D eigenvalue weighted by Crippen LogP contribution is -2.58. The van der Waals surface area contributed by atoms with Crippen LogP contribution in [0, 0.1) is 0 Å². The molecule has 1 aliphatic heterocycles. The molecule has 0 aliphatic carbocycles. The number of nitrogens with one attached hydrogen (secondary N) is 2. The Balaban J connectivity index is 2.47. The van der Waals surface area contributed by atoms with Crippen LogP contribution in [0.5, 0.6) is 0 Å². The lowest BCUT2D eigenvalue weighted by atomic mass is 10.2. The Morgan fingerprint density at radius 2 is 2.27 bits per heavy atom. The maximum Gasteiger partial charge on any atom is 0.241 e. The van der Waals surface area contributed by atoms with E-state index < -0.39 is 0 Å². The van der Waals surface area contributed by atoms with Gasteiger partial charge in [0.15, 0.2) is 0 Å². The van der Waals surface area contributed by atoms with Crippen molar-refractivity contribution in [2.75, 3.05) is 26.2 Å². The second-order valence-electron chi connectivity index (χ2n) is 3.66. The van der Waals surface area contributed by atoms with Gasteiger partial charge in [-0.15, -0.1) is 0 Å². The van der Waals surface area contributed by atoms with E-state index in [-0.39, 0.29) is 24.4 Å². The maximum atomic E-state index is 11.9. The summed E-state index contributed by atoms with van der Waals surface area (Å²) in [7, 11) is 0. The Bertz CT molecular complexity index is 233. The second-order valence-corrected chi connectivity index (χ2v) is 3.66. The third kappa shape index (κ3) is 3.20. The number of hydrogen-bond acceptors (Lipinski definition) is 3. The van der Waals surface area contributed by atoms with Crippen LogP contribution in [0.25, 0.3) is 0 Å². The number of piperazine rings is 1. The van der Waals surface area contributed by atoms with Crippen LogP contribution in [0.3, 0.4) is 0 Å². The highest BCUT2D eigenvalue weighted by Gasteiger charge is 2.26. The van der Waals surface area contributed by atoms with Gasteiger partial charge >= 0.3 is 0 Å². The topological polar surface area (TPSA) is 61.4 Å². The molecule has 0 radical (unpaired) electrons. The molecule has 0 aromatic heterocycles. The summed E-state index contributed by atoms with van der Waals surface area (Å²) in [4.78, 5) is 24.7.